The standard InChI is InChI=1S/C17H24N2O2/c1-12(2)13-4-6-14(7-5-13)17(20)19-8-15-10-21-11-16(9-19)18(15)3/h4-7,12,15-16H,8-11H2,1-3H3. The van der Waals surface area contributed by atoms with Gasteiger partial charge in [-0.3, -0.25) is 9.69 Å². The number of morpholine rings is 1. The Morgan fingerprint density at radius 2 is 1.71 bits per heavy atom. The van der Waals surface area contributed by atoms with Crippen molar-refractivity contribution in [2.24, 2.45) is 0 Å². The Morgan fingerprint density at radius 3 is 2.24 bits per heavy atom. The van der Waals surface area contributed by atoms with E-state index in [1.165, 1.54) is 5.56 Å². The van der Waals surface area contributed by atoms with E-state index < -0.39 is 0 Å². The van der Waals surface area contributed by atoms with Gasteiger partial charge in [0, 0.05) is 18.7 Å². The summed E-state index contributed by atoms with van der Waals surface area (Å²) in [6.45, 7) is 7.30. The highest BCUT2D eigenvalue weighted by atomic mass is 16.5. The van der Waals surface area contributed by atoms with Gasteiger partial charge in [0.15, 0.2) is 0 Å². The molecule has 2 saturated heterocycles. The first kappa shape index (κ1) is 14.5. The van der Waals surface area contributed by atoms with Crippen molar-refractivity contribution < 1.29 is 9.53 Å². The zero-order valence-corrected chi connectivity index (χ0v) is 13.1. The fourth-order valence-corrected chi connectivity index (χ4v) is 3.18. The summed E-state index contributed by atoms with van der Waals surface area (Å²) in [5.74, 6) is 0.643. The first-order chi connectivity index (χ1) is 10.1. The molecule has 4 nitrogen and oxygen atoms in total. The van der Waals surface area contributed by atoms with E-state index in [1.807, 2.05) is 17.0 Å². The number of piperazine rings is 1. The summed E-state index contributed by atoms with van der Waals surface area (Å²) >= 11 is 0. The molecule has 0 saturated carbocycles. The SMILES string of the molecule is CC(C)c1ccc(C(=O)N2CC3COCC(C2)N3C)cc1. The molecule has 2 aliphatic rings. The molecule has 0 aliphatic carbocycles. The molecule has 2 bridgehead atoms. The molecule has 2 heterocycles. The van der Waals surface area contributed by atoms with Crippen LogP contribution < -0.4 is 0 Å². The van der Waals surface area contributed by atoms with E-state index in [0.717, 1.165) is 31.9 Å². The molecule has 2 aliphatic heterocycles. The molecule has 0 radical (unpaired) electrons. The number of ether oxygens (including phenoxy) is 1. The molecule has 4 heteroatoms. The quantitative estimate of drug-likeness (QED) is 0.834. The second kappa shape index (κ2) is 5.78. The van der Waals surface area contributed by atoms with Gasteiger partial charge in [-0.05, 0) is 30.7 Å². The molecular weight excluding hydrogens is 264 g/mol. The van der Waals surface area contributed by atoms with Gasteiger partial charge < -0.3 is 9.64 Å². The maximum absolute atomic E-state index is 12.7. The third-order valence-electron chi connectivity index (χ3n) is 4.75. The normalized spacial score (nSPS) is 26.2. The highest BCUT2D eigenvalue weighted by molar-refractivity contribution is 5.94. The number of fused-ring (bicyclic) bond motifs is 2. The van der Waals surface area contributed by atoms with Crippen molar-refractivity contribution in [2.75, 3.05) is 33.4 Å². The first-order valence-corrected chi connectivity index (χ1v) is 7.75. The number of likely N-dealkylation sites (N-methyl/N-ethyl adjacent to an activating group) is 1. The van der Waals surface area contributed by atoms with Crippen LogP contribution in [0.1, 0.15) is 35.7 Å². The smallest absolute Gasteiger partial charge is 0.253 e. The largest absolute Gasteiger partial charge is 0.378 e. The Bertz CT molecular complexity index is 498. The molecular formula is C17H24N2O2. The van der Waals surface area contributed by atoms with Crippen LogP contribution >= 0.6 is 0 Å². The van der Waals surface area contributed by atoms with Crippen LogP contribution in [0.15, 0.2) is 24.3 Å². The van der Waals surface area contributed by atoms with E-state index in [0.29, 0.717) is 18.0 Å². The molecule has 3 rings (SSSR count). The molecule has 1 aromatic rings. The van der Waals surface area contributed by atoms with Gasteiger partial charge in [-0.15, -0.1) is 0 Å². The number of hydrogen-bond donors (Lipinski definition) is 0. The molecule has 0 N–H and O–H groups in total. The van der Waals surface area contributed by atoms with Gasteiger partial charge in [0.1, 0.15) is 0 Å². The Balaban J connectivity index is 1.73. The van der Waals surface area contributed by atoms with Crippen molar-refractivity contribution in [1.29, 1.82) is 0 Å². The minimum Gasteiger partial charge on any atom is -0.378 e. The van der Waals surface area contributed by atoms with E-state index in [1.54, 1.807) is 0 Å². The first-order valence-electron chi connectivity index (χ1n) is 7.75. The van der Waals surface area contributed by atoms with Crippen LogP contribution in [0.4, 0.5) is 0 Å². The molecule has 1 amide bonds. The summed E-state index contributed by atoms with van der Waals surface area (Å²) in [5, 5.41) is 0. The highest BCUT2D eigenvalue weighted by Crippen LogP contribution is 2.22. The lowest BCUT2D eigenvalue weighted by Gasteiger charge is -2.48. The topological polar surface area (TPSA) is 32.8 Å². The summed E-state index contributed by atoms with van der Waals surface area (Å²) < 4.78 is 5.60. The summed E-state index contributed by atoms with van der Waals surface area (Å²) in [5.41, 5.74) is 2.07. The second-order valence-corrected chi connectivity index (χ2v) is 6.50. The average Bonchev–Trinajstić information content (AvgIpc) is 2.46. The number of rotatable bonds is 2. The van der Waals surface area contributed by atoms with Gasteiger partial charge >= 0.3 is 0 Å². The monoisotopic (exact) mass is 288 g/mol. The highest BCUT2D eigenvalue weighted by Gasteiger charge is 2.37. The molecule has 0 spiro atoms. The van der Waals surface area contributed by atoms with Crippen LogP contribution in [-0.2, 0) is 4.74 Å². The molecule has 2 unspecified atom stereocenters. The lowest BCUT2D eigenvalue weighted by atomic mass is 10.0. The van der Waals surface area contributed by atoms with Crippen molar-refractivity contribution in [2.45, 2.75) is 31.8 Å². The van der Waals surface area contributed by atoms with Gasteiger partial charge in [0.2, 0.25) is 0 Å². The second-order valence-electron chi connectivity index (χ2n) is 6.50. The maximum Gasteiger partial charge on any atom is 0.253 e. The van der Waals surface area contributed by atoms with Crippen LogP contribution in [0.3, 0.4) is 0 Å². The maximum atomic E-state index is 12.7. The summed E-state index contributed by atoms with van der Waals surface area (Å²) in [4.78, 5) is 17.0. The number of benzene rings is 1. The minimum atomic E-state index is 0.148. The summed E-state index contributed by atoms with van der Waals surface area (Å²) in [6, 6.07) is 8.72. The van der Waals surface area contributed by atoms with Crippen molar-refractivity contribution in [3.63, 3.8) is 0 Å². The lowest BCUT2D eigenvalue weighted by Crippen LogP contribution is -2.64. The van der Waals surface area contributed by atoms with Crippen molar-refractivity contribution >= 4 is 5.91 Å². The van der Waals surface area contributed by atoms with Gasteiger partial charge in [-0.25, -0.2) is 0 Å². The summed E-state index contributed by atoms with van der Waals surface area (Å²) in [7, 11) is 2.14. The number of hydrogen-bond acceptors (Lipinski definition) is 3. The Morgan fingerprint density at radius 1 is 1.14 bits per heavy atom. The molecule has 1 aromatic carbocycles. The van der Waals surface area contributed by atoms with E-state index >= 15 is 0 Å². The fourth-order valence-electron chi connectivity index (χ4n) is 3.18. The zero-order chi connectivity index (χ0) is 15.0. The van der Waals surface area contributed by atoms with Crippen molar-refractivity contribution in [3.05, 3.63) is 35.4 Å². The van der Waals surface area contributed by atoms with Crippen molar-refractivity contribution in [3.8, 4) is 0 Å². The third-order valence-corrected chi connectivity index (χ3v) is 4.75. The predicted molar refractivity (Wildman–Crippen MR) is 82.6 cm³/mol. The van der Waals surface area contributed by atoms with E-state index in [9.17, 15) is 4.79 Å². The molecule has 2 atom stereocenters. The van der Waals surface area contributed by atoms with Crippen LogP contribution in [-0.4, -0.2) is 61.1 Å². The Kier molecular flexibility index (Phi) is 4.00. The van der Waals surface area contributed by atoms with Gasteiger partial charge in [0.05, 0.1) is 25.3 Å². The van der Waals surface area contributed by atoms with Crippen LogP contribution in [0.2, 0.25) is 0 Å². The van der Waals surface area contributed by atoms with E-state index in [2.05, 4.69) is 37.9 Å². The Labute approximate surface area is 126 Å². The molecule has 114 valence electrons. The lowest BCUT2D eigenvalue weighted by molar-refractivity contribution is -0.0776. The van der Waals surface area contributed by atoms with E-state index in [-0.39, 0.29) is 5.91 Å². The average molecular weight is 288 g/mol. The summed E-state index contributed by atoms with van der Waals surface area (Å²) in [6.07, 6.45) is 0. The van der Waals surface area contributed by atoms with Crippen LogP contribution in [0, 0.1) is 0 Å². The minimum absolute atomic E-state index is 0.148. The molecule has 0 aromatic heterocycles. The van der Waals surface area contributed by atoms with Gasteiger partial charge in [-0.2, -0.15) is 0 Å². The number of amides is 1. The van der Waals surface area contributed by atoms with E-state index in [4.69, 9.17) is 4.74 Å². The molecule has 2 fully saturated rings. The van der Waals surface area contributed by atoms with Crippen LogP contribution in [0.25, 0.3) is 0 Å². The van der Waals surface area contributed by atoms with Crippen molar-refractivity contribution in [1.82, 2.24) is 9.80 Å². The molecule has 21 heavy (non-hydrogen) atoms. The third kappa shape index (κ3) is 2.83. The number of nitrogens with zero attached hydrogens (tertiary/aromatic N) is 2. The van der Waals surface area contributed by atoms with Gasteiger partial charge in [0.25, 0.3) is 5.91 Å². The number of carbonyl (C=O) groups excluding carboxylic acids is 1. The number of carbonyl (C=O) groups is 1. The van der Waals surface area contributed by atoms with Gasteiger partial charge in [-0.1, -0.05) is 26.0 Å². The predicted octanol–water partition coefficient (Wildman–Crippen LogP) is 1.97. The fraction of sp³-hybridized carbons (Fsp3) is 0.588. The zero-order valence-electron chi connectivity index (χ0n) is 13.1. The Hall–Kier alpha value is -1.39. The van der Waals surface area contributed by atoms with Crippen LogP contribution in [0.5, 0.6) is 0 Å².